The predicted molar refractivity (Wildman–Crippen MR) is 81.3 cm³/mol. The molecule has 0 amide bonds. The highest BCUT2D eigenvalue weighted by Crippen LogP contribution is 2.22. The van der Waals surface area contributed by atoms with Gasteiger partial charge in [-0.05, 0) is 36.0 Å². The Morgan fingerprint density at radius 1 is 1.19 bits per heavy atom. The van der Waals surface area contributed by atoms with E-state index in [9.17, 15) is 12.8 Å². The average Bonchev–Trinajstić information content (AvgIpc) is 2.37. The molecule has 1 N–H and O–H groups in total. The molecule has 0 atom stereocenters. The van der Waals surface area contributed by atoms with Crippen LogP contribution >= 0.6 is 0 Å². The zero-order chi connectivity index (χ0) is 16.2. The zero-order valence-electron chi connectivity index (χ0n) is 13.2. The molecule has 0 aliphatic carbocycles. The first-order valence-electron chi connectivity index (χ1n) is 7.02. The summed E-state index contributed by atoms with van der Waals surface area (Å²) in [4.78, 5) is -0.0907. The molecule has 0 aliphatic rings. The number of methoxy groups -OCH3 is 1. The van der Waals surface area contributed by atoms with Crippen LogP contribution < -0.4 is 9.46 Å². The zero-order valence-corrected chi connectivity index (χ0v) is 14.0. The number of halogens is 1. The van der Waals surface area contributed by atoms with Gasteiger partial charge in [0, 0.05) is 6.54 Å². The summed E-state index contributed by atoms with van der Waals surface area (Å²) in [5.74, 6) is 0.282. The van der Waals surface area contributed by atoms with Crippen LogP contribution in [0.2, 0.25) is 0 Å². The van der Waals surface area contributed by atoms with Crippen LogP contribution in [0.4, 0.5) is 4.39 Å². The minimum Gasteiger partial charge on any atom is -0.494 e. The Morgan fingerprint density at radius 3 is 2.19 bits per heavy atom. The van der Waals surface area contributed by atoms with Crippen molar-refractivity contribution >= 4 is 10.0 Å². The third kappa shape index (κ3) is 4.68. The lowest BCUT2D eigenvalue weighted by Crippen LogP contribution is -2.34. The number of sulfonamides is 1. The molecular formula is C15H24FNO3S. The maximum atomic E-state index is 13.6. The quantitative estimate of drug-likeness (QED) is 0.841. The summed E-state index contributed by atoms with van der Waals surface area (Å²) in [5.41, 5.74) is 0. The fourth-order valence-corrected chi connectivity index (χ4v) is 3.43. The van der Waals surface area contributed by atoms with E-state index in [-0.39, 0.29) is 16.6 Å². The summed E-state index contributed by atoms with van der Waals surface area (Å²) in [5, 5.41) is 0. The lowest BCUT2D eigenvalue weighted by Gasteiger charge is -2.25. The summed E-state index contributed by atoms with van der Waals surface area (Å²) in [6, 6.07) is 3.62. The van der Waals surface area contributed by atoms with E-state index < -0.39 is 15.8 Å². The van der Waals surface area contributed by atoms with Crippen molar-refractivity contribution in [1.82, 2.24) is 4.72 Å². The Hall–Kier alpha value is -1.14. The van der Waals surface area contributed by atoms with Crippen molar-refractivity contribution in [3.05, 3.63) is 24.0 Å². The van der Waals surface area contributed by atoms with Gasteiger partial charge in [0.2, 0.25) is 10.0 Å². The lowest BCUT2D eigenvalue weighted by molar-refractivity contribution is 0.289. The fraction of sp³-hybridized carbons (Fsp3) is 0.600. The standard InChI is InChI=1S/C15H24FNO3S/c1-10(2)13(11(3)4)9-17-21(18,19)12-6-7-15(20-5)14(16)8-12/h6-8,10-11,13,17H,9H2,1-5H3. The molecule has 0 fully saturated rings. The first kappa shape index (κ1) is 17.9. The van der Waals surface area contributed by atoms with Gasteiger partial charge in [-0.25, -0.2) is 17.5 Å². The molecule has 21 heavy (non-hydrogen) atoms. The molecule has 1 aromatic carbocycles. The molecule has 0 saturated heterocycles. The molecular weight excluding hydrogens is 293 g/mol. The molecule has 0 saturated carbocycles. The van der Waals surface area contributed by atoms with Crippen molar-refractivity contribution in [3.8, 4) is 5.75 Å². The van der Waals surface area contributed by atoms with Crippen LogP contribution in [0.3, 0.4) is 0 Å². The van der Waals surface area contributed by atoms with E-state index in [4.69, 9.17) is 4.74 Å². The number of ether oxygens (including phenoxy) is 1. The van der Waals surface area contributed by atoms with Crippen molar-refractivity contribution in [2.75, 3.05) is 13.7 Å². The van der Waals surface area contributed by atoms with E-state index in [1.54, 1.807) is 0 Å². The van der Waals surface area contributed by atoms with Crippen molar-refractivity contribution in [2.45, 2.75) is 32.6 Å². The maximum absolute atomic E-state index is 13.6. The molecule has 0 aromatic heterocycles. The Morgan fingerprint density at radius 2 is 1.76 bits per heavy atom. The van der Waals surface area contributed by atoms with Crippen LogP contribution in [0.1, 0.15) is 27.7 Å². The number of benzene rings is 1. The second-order valence-corrected chi connectivity index (χ2v) is 7.57. The minimum atomic E-state index is -3.72. The Bertz CT molecular complexity index is 562. The first-order chi connectivity index (χ1) is 9.69. The van der Waals surface area contributed by atoms with Gasteiger partial charge in [-0.1, -0.05) is 27.7 Å². The smallest absolute Gasteiger partial charge is 0.240 e. The fourth-order valence-electron chi connectivity index (χ4n) is 2.34. The van der Waals surface area contributed by atoms with Crippen LogP contribution in [0.25, 0.3) is 0 Å². The van der Waals surface area contributed by atoms with Crippen molar-refractivity contribution in [1.29, 1.82) is 0 Å². The van der Waals surface area contributed by atoms with E-state index in [1.807, 2.05) is 0 Å². The molecule has 0 spiro atoms. The summed E-state index contributed by atoms with van der Waals surface area (Å²) in [6.07, 6.45) is 0. The number of rotatable bonds is 7. The van der Waals surface area contributed by atoms with Crippen LogP contribution in [-0.2, 0) is 10.0 Å². The normalized spacial score (nSPS) is 12.4. The van der Waals surface area contributed by atoms with Crippen LogP contribution in [0, 0.1) is 23.6 Å². The van der Waals surface area contributed by atoms with Gasteiger partial charge in [0.25, 0.3) is 0 Å². The highest BCUT2D eigenvalue weighted by molar-refractivity contribution is 7.89. The second kappa shape index (κ2) is 7.22. The number of hydrogen-bond acceptors (Lipinski definition) is 3. The number of hydrogen-bond donors (Lipinski definition) is 1. The molecule has 6 heteroatoms. The van der Waals surface area contributed by atoms with Gasteiger partial charge in [-0.2, -0.15) is 0 Å². The third-order valence-electron chi connectivity index (χ3n) is 3.66. The largest absolute Gasteiger partial charge is 0.494 e. The van der Waals surface area contributed by atoms with E-state index >= 15 is 0 Å². The second-order valence-electron chi connectivity index (χ2n) is 5.80. The van der Waals surface area contributed by atoms with Crippen LogP contribution in [0.15, 0.2) is 23.1 Å². The highest BCUT2D eigenvalue weighted by atomic mass is 32.2. The van der Waals surface area contributed by atoms with Gasteiger partial charge in [0.1, 0.15) is 0 Å². The van der Waals surface area contributed by atoms with E-state index in [1.165, 1.54) is 19.2 Å². The highest BCUT2D eigenvalue weighted by Gasteiger charge is 2.22. The van der Waals surface area contributed by atoms with E-state index in [2.05, 4.69) is 32.4 Å². The predicted octanol–water partition coefficient (Wildman–Crippen LogP) is 3.04. The van der Waals surface area contributed by atoms with Gasteiger partial charge in [0.15, 0.2) is 11.6 Å². The van der Waals surface area contributed by atoms with Crippen molar-refractivity contribution < 1.29 is 17.5 Å². The molecule has 0 radical (unpaired) electrons. The Kier molecular flexibility index (Phi) is 6.16. The molecule has 0 heterocycles. The molecule has 0 aliphatic heterocycles. The third-order valence-corrected chi connectivity index (χ3v) is 5.08. The van der Waals surface area contributed by atoms with E-state index in [0.29, 0.717) is 18.4 Å². The average molecular weight is 317 g/mol. The molecule has 1 rings (SSSR count). The van der Waals surface area contributed by atoms with Crippen LogP contribution in [0.5, 0.6) is 5.75 Å². The molecule has 0 bridgehead atoms. The van der Waals surface area contributed by atoms with Gasteiger partial charge < -0.3 is 4.74 Å². The van der Waals surface area contributed by atoms with Gasteiger partial charge >= 0.3 is 0 Å². The molecule has 120 valence electrons. The topological polar surface area (TPSA) is 55.4 Å². The number of nitrogens with one attached hydrogen (secondary N) is 1. The lowest BCUT2D eigenvalue weighted by atomic mass is 9.86. The molecule has 4 nitrogen and oxygen atoms in total. The van der Waals surface area contributed by atoms with Gasteiger partial charge in [0.05, 0.1) is 12.0 Å². The summed E-state index contributed by atoms with van der Waals surface area (Å²) < 4.78 is 45.4. The molecule has 0 unspecified atom stereocenters. The van der Waals surface area contributed by atoms with Crippen molar-refractivity contribution in [3.63, 3.8) is 0 Å². The summed E-state index contributed by atoms with van der Waals surface area (Å²) in [7, 11) is -2.38. The first-order valence-corrected chi connectivity index (χ1v) is 8.50. The SMILES string of the molecule is COc1ccc(S(=O)(=O)NCC(C(C)C)C(C)C)cc1F. The van der Waals surface area contributed by atoms with Crippen molar-refractivity contribution in [2.24, 2.45) is 17.8 Å². The molecule has 1 aromatic rings. The Balaban J connectivity index is 2.89. The van der Waals surface area contributed by atoms with E-state index in [0.717, 1.165) is 6.07 Å². The summed E-state index contributed by atoms with van der Waals surface area (Å²) >= 11 is 0. The van der Waals surface area contributed by atoms with Gasteiger partial charge in [-0.15, -0.1) is 0 Å². The minimum absolute atomic E-state index is 0.0242. The maximum Gasteiger partial charge on any atom is 0.240 e. The Labute approximate surface area is 126 Å². The van der Waals surface area contributed by atoms with Crippen LogP contribution in [-0.4, -0.2) is 22.1 Å². The monoisotopic (exact) mass is 317 g/mol. The van der Waals surface area contributed by atoms with Gasteiger partial charge in [-0.3, -0.25) is 0 Å². The summed E-state index contributed by atoms with van der Waals surface area (Å²) in [6.45, 7) is 8.58.